The van der Waals surface area contributed by atoms with Crippen molar-refractivity contribution in [3.05, 3.63) is 40.8 Å². The number of methoxy groups -OCH3 is 1. The summed E-state index contributed by atoms with van der Waals surface area (Å²) in [6.45, 7) is 5.41. The summed E-state index contributed by atoms with van der Waals surface area (Å²) in [4.78, 5) is 22.7. The van der Waals surface area contributed by atoms with Gasteiger partial charge < -0.3 is 28.1 Å². The summed E-state index contributed by atoms with van der Waals surface area (Å²) >= 11 is 0. The lowest BCUT2D eigenvalue weighted by Crippen LogP contribution is -2.50. The number of carbonyl (C=O) groups excluding carboxylic acids is 1. The van der Waals surface area contributed by atoms with Gasteiger partial charge in [0.2, 0.25) is 0 Å². The van der Waals surface area contributed by atoms with Crippen LogP contribution in [0.2, 0.25) is 0 Å². The summed E-state index contributed by atoms with van der Waals surface area (Å²) in [6, 6.07) is 8.32. The van der Waals surface area contributed by atoms with Crippen LogP contribution < -0.4 is 10.4 Å². The number of carbonyl (C=O) groups is 1. The average molecular weight is 378 g/mol. The molecule has 3 rings (SSSR count). The molecular formula is C19H22O8. The fourth-order valence-corrected chi connectivity index (χ4v) is 3.23. The minimum atomic E-state index is -0.863. The van der Waals surface area contributed by atoms with Crippen LogP contribution in [-0.4, -0.2) is 44.0 Å². The van der Waals surface area contributed by atoms with Crippen LogP contribution in [0.25, 0.3) is 11.0 Å². The summed E-state index contributed by atoms with van der Waals surface area (Å²) in [5.74, 6) is 0.387. The molecule has 0 radical (unpaired) electrons. The Morgan fingerprint density at radius 2 is 1.96 bits per heavy atom. The van der Waals surface area contributed by atoms with Gasteiger partial charge >= 0.3 is 11.8 Å². The Bertz CT molecular complexity index is 871. The third-order valence-corrected chi connectivity index (χ3v) is 4.26. The molecule has 0 N–H and O–H groups in total. The van der Waals surface area contributed by atoms with Gasteiger partial charge in [0.15, 0.2) is 23.7 Å². The van der Waals surface area contributed by atoms with Gasteiger partial charge in [-0.05, 0) is 32.9 Å². The van der Waals surface area contributed by atoms with Crippen molar-refractivity contribution >= 4 is 17.1 Å². The number of rotatable bonds is 7. The van der Waals surface area contributed by atoms with E-state index in [0.717, 1.165) is 5.39 Å². The SMILES string of the molecule is COC([C@H]1COC(=O)O1)C(C)(C)OC(C)Oc1cccc2ccc(=O)oc12. The van der Waals surface area contributed by atoms with Crippen LogP contribution in [0.4, 0.5) is 4.79 Å². The minimum Gasteiger partial charge on any atom is -0.461 e. The Hall–Kier alpha value is -2.58. The zero-order valence-electron chi connectivity index (χ0n) is 15.6. The molecule has 1 aromatic heterocycles. The van der Waals surface area contributed by atoms with Crippen LogP contribution in [-0.2, 0) is 18.9 Å². The second-order valence-corrected chi connectivity index (χ2v) is 6.71. The molecule has 0 amide bonds. The zero-order valence-corrected chi connectivity index (χ0v) is 15.6. The Balaban J connectivity index is 1.74. The molecule has 1 aliphatic rings. The van der Waals surface area contributed by atoms with Crippen LogP contribution in [0.1, 0.15) is 20.8 Å². The molecule has 2 unspecified atom stereocenters. The first-order chi connectivity index (χ1) is 12.8. The monoisotopic (exact) mass is 378 g/mol. The number of hydrogen-bond acceptors (Lipinski definition) is 8. The minimum absolute atomic E-state index is 0.0911. The number of para-hydroxylation sites is 1. The first-order valence-electron chi connectivity index (χ1n) is 8.54. The van der Waals surface area contributed by atoms with E-state index in [0.29, 0.717) is 11.3 Å². The molecule has 0 saturated carbocycles. The summed E-state index contributed by atoms with van der Waals surface area (Å²) < 4.78 is 32.5. The van der Waals surface area contributed by atoms with E-state index >= 15 is 0 Å². The molecule has 0 spiro atoms. The molecule has 1 fully saturated rings. The molecule has 1 saturated heterocycles. The standard InChI is InChI=1S/C19H22O8/c1-11(24-13-7-5-6-12-8-9-15(20)26-16(12)13)27-19(2,3)17(22-4)14-10-23-18(21)25-14/h5-9,11,14,17H,10H2,1-4H3/t11?,14-,17?/m1/s1. The lowest BCUT2D eigenvalue weighted by molar-refractivity contribution is -0.209. The van der Waals surface area contributed by atoms with Crippen molar-refractivity contribution in [2.75, 3.05) is 13.7 Å². The van der Waals surface area contributed by atoms with Crippen LogP contribution in [0.5, 0.6) is 5.75 Å². The number of fused-ring (bicyclic) bond motifs is 1. The summed E-state index contributed by atoms with van der Waals surface area (Å²) in [6.07, 6.45) is -2.58. The molecule has 2 heterocycles. The quantitative estimate of drug-likeness (QED) is 0.412. The molecular weight excluding hydrogens is 356 g/mol. The van der Waals surface area contributed by atoms with Gasteiger partial charge in [0.05, 0.1) is 5.60 Å². The van der Waals surface area contributed by atoms with Crippen LogP contribution >= 0.6 is 0 Å². The fourth-order valence-electron chi connectivity index (χ4n) is 3.23. The van der Waals surface area contributed by atoms with Gasteiger partial charge in [0, 0.05) is 18.6 Å². The third-order valence-electron chi connectivity index (χ3n) is 4.26. The van der Waals surface area contributed by atoms with E-state index in [-0.39, 0.29) is 6.61 Å². The molecule has 8 heteroatoms. The topological polar surface area (TPSA) is 93.4 Å². The van der Waals surface area contributed by atoms with Crippen molar-refractivity contribution in [3.8, 4) is 5.75 Å². The maximum Gasteiger partial charge on any atom is 0.508 e. The van der Waals surface area contributed by atoms with Gasteiger partial charge in [0.1, 0.15) is 12.7 Å². The second-order valence-electron chi connectivity index (χ2n) is 6.71. The van der Waals surface area contributed by atoms with Gasteiger partial charge in [-0.3, -0.25) is 0 Å². The van der Waals surface area contributed by atoms with E-state index in [2.05, 4.69) is 0 Å². The maximum absolute atomic E-state index is 11.5. The molecule has 0 aliphatic carbocycles. The van der Waals surface area contributed by atoms with E-state index < -0.39 is 35.9 Å². The molecule has 3 atom stereocenters. The van der Waals surface area contributed by atoms with E-state index in [4.69, 9.17) is 28.1 Å². The number of ether oxygens (including phenoxy) is 5. The Kier molecular flexibility index (Phi) is 5.38. The molecule has 27 heavy (non-hydrogen) atoms. The lowest BCUT2D eigenvalue weighted by atomic mass is 9.96. The first-order valence-corrected chi connectivity index (χ1v) is 8.54. The normalized spacial score (nSPS) is 19.4. The van der Waals surface area contributed by atoms with E-state index in [1.807, 2.05) is 6.07 Å². The van der Waals surface area contributed by atoms with Crippen LogP contribution in [0.15, 0.2) is 39.5 Å². The highest BCUT2D eigenvalue weighted by molar-refractivity contribution is 5.82. The lowest BCUT2D eigenvalue weighted by Gasteiger charge is -2.37. The highest BCUT2D eigenvalue weighted by Gasteiger charge is 2.44. The Labute approximate surface area is 155 Å². The van der Waals surface area contributed by atoms with Crippen LogP contribution in [0.3, 0.4) is 0 Å². The predicted molar refractivity (Wildman–Crippen MR) is 94.8 cm³/mol. The van der Waals surface area contributed by atoms with E-state index in [1.165, 1.54) is 13.2 Å². The maximum atomic E-state index is 11.5. The zero-order chi connectivity index (χ0) is 19.6. The largest absolute Gasteiger partial charge is 0.508 e. The van der Waals surface area contributed by atoms with Gasteiger partial charge in [0.25, 0.3) is 0 Å². The van der Waals surface area contributed by atoms with Crippen molar-refractivity contribution in [1.29, 1.82) is 0 Å². The number of cyclic esters (lactones) is 2. The van der Waals surface area contributed by atoms with Crippen LogP contribution in [0, 0.1) is 0 Å². The highest BCUT2D eigenvalue weighted by atomic mass is 16.8. The smallest absolute Gasteiger partial charge is 0.461 e. The van der Waals surface area contributed by atoms with Crippen molar-refractivity contribution in [3.63, 3.8) is 0 Å². The molecule has 0 bridgehead atoms. The predicted octanol–water partition coefficient (Wildman–Crippen LogP) is 2.86. The number of hydrogen-bond donors (Lipinski definition) is 0. The summed E-state index contributed by atoms with van der Waals surface area (Å²) in [5.41, 5.74) is -0.979. The summed E-state index contributed by atoms with van der Waals surface area (Å²) in [7, 11) is 1.51. The average Bonchev–Trinajstić information content (AvgIpc) is 3.01. The van der Waals surface area contributed by atoms with E-state index in [1.54, 1.807) is 39.0 Å². The second kappa shape index (κ2) is 7.58. The Morgan fingerprint density at radius 3 is 2.63 bits per heavy atom. The summed E-state index contributed by atoms with van der Waals surface area (Å²) in [5, 5.41) is 0.739. The van der Waals surface area contributed by atoms with Gasteiger partial charge in [-0.2, -0.15) is 0 Å². The molecule has 1 aliphatic heterocycles. The van der Waals surface area contributed by atoms with Gasteiger partial charge in [-0.25, -0.2) is 9.59 Å². The third kappa shape index (κ3) is 4.23. The number of benzene rings is 1. The van der Waals surface area contributed by atoms with Crippen molar-refractivity contribution in [2.45, 2.75) is 44.9 Å². The molecule has 146 valence electrons. The van der Waals surface area contributed by atoms with E-state index in [9.17, 15) is 9.59 Å². The van der Waals surface area contributed by atoms with Gasteiger partial charge in [-0.15, -0.1) is 0 Å². The molecule has 8 nitrogen and oxygen atoms in total. The molecule has 2 aromatic rings. The first kappa shape index (κ1) is 19.2. The van der Waals surface area contributed by atoms with Crippen molar-refractivity contribution < 1.29 is 32.9 Å². The Morgan fingerprint density at radius 1 is 1.19 bits per heavy atom. The fraction of sp³-hybridized carbons (Fsp3) is 0.474. The molecule has 1 aromatic carbocycles. The van der Waals surface area contributed by atoms with Crippen molar-refractivity contribution in [2.24, 2.45) is 0 Å². The van der Waals surface area contributed by atoms with Crippen molar-refractivity contribution in [1.82, 2.24) is 0 Å². The van der Waals surface area contributed by atoms with Gasteiger partial charge in [-0.1, -0.05) is 12.1 Å². The highest BCUT2D eigenvalue weighted by Crippen LogP contribution is 2.29.